The highest BCUT2D eigenvalue weighted by Crippen LogP contribution is 2.31. The van der Waals surface area contributed by atoms with Crippen LogP contribution in [0.5, 0.6) is 0 Å². The summed E-state index contributed by atoms with van der Waals surface area (Å²) in [5, 5.41) is 13.0. The van der Waals surface area contributed by atoms with Gasteiger partial charge in [0.05, 0.1) is 23.2 Å². The standard InChI is InChI=1S/C31H41BF3N5O5/c1-30(2)23-8-5-19(11-24(23)32(44)45-30)13-27(41)26(12-18-3-6-22(7-4-18)31(33,34)35)39-29(43)25(38)9-10-28(42)40-16-20(14-36)21(15-37)17-40/h3-8,11,20-21,25-26,44H,9-10,12-17,36-38H2,1-2H3,(H,39,43)/t20-,21-,25+,26-/m1/s1. The van der Waals surface area contributed by atoms with Gasteiger partial charge in [-0.15, -0.1) is 0 Å². The summed E-state index contributed by atoms with van der Waals surface area (Å²) in [5.41, 5.74) is 18.5. The number of halogens is 3. The molecule has 244 valence electrons. The molecular weight excluding hydrogens is 590 g/mol. The van der Waals surface area contributed by atoms with Crippen LogP contribution in [-0.2, 0) is 43.7 Å². The summed E-state index contributed by atoms with van der Waals surface area (Å²) in [5.74, 6) is -1.01. The minimum absolute atomic E-state index is 0.0105. The molecule has 2 aliphatic rings. The third-order valence-electron chi connectivity index (χ3n) is 8.78. The second kappa shape index (κ2) is 14.0. The molecule has 10 nitrogen and oxygen atoms in total. The van der Waals surface area contributed by atoms with E-state index in [9.17, 15) is 32.6 Å². The summed E-state index contributed by atoms with van der Waals surface area (Å²) in [6, 6.07) is 7.32. The van der Waals surface area contributed by atoms with Crippen molar-refractivity contribution in [2.24, 2.45) is 29.0 Å². The predicted molar refractivity (Wildman–Crippen MR) is 163 cm³/mol. The van der Waals surface area contributed by atoms with Gasteiger partial charge in [0.2, 0.25) is 11.8 Å². The van der Waals surface area contributed by atoms with Gasteiger partial charge < -0.3 is 37.1 Å². The number of nitrogens with zero attached hydrogens (tertiary/aromatic N) is 1. The van der Waals surface area contributed by atoms with E-state index in [4.69, 9.17) is 21.9 Å². The molecule has 2 aliphatic heterocycles. The van der Waals surface area contributed by atoms with E-state index in [0.717, 1.165) is 17.7 Å². The maximum Gasteiger partial charge on any atom is 0.492 e. The number of rotatable bonds is 12. The van der Waals surface area contributed by atoms with E-state index in [1.54, 1.807) is 23.1 Å². The monoisotopic (exact) mass is 631 g/mol. The van der Waals surface area contributed by atoms with Crippen molar-refractivity contribution in [3.05, 3.63) is 64.7 Å². The third kappa shape index (κ3) is 8.30. The molecule has 0 unspecified atom stereocenters. The van der Waals surface area contributed by atoms with Crippen molar-refractivity contribution < 1.29 is 37.2 Å². The lowest BCUT2D eigenvalue weighted by molar-refractivity contribution is -0.137. The van der Waals surface area contributed by atoms with E-state index in [-0.39, 0.29) is 43.4 Å². The SMILES string of the molecule is CC1(C)OB(O)c2cc(CC(=O)[C@@H](Cc3ccc(C(F)(F)F)cc3)NC(=O)[C@@H](N)CCC(=O)N3C[C@@H](CN)[C@H](CN)C3)ccc21. The molecule has 1 fully saturated rings. The summed E-state index contributed by atoms with van der Waals surface area (Å²) in [6.45, 7) is 5.45. The number of alkyl halides is 3. The highest BCUT2D eigenvalue weighted by Gasteiger charge is 2.41. The Labute approximate surface area is 261 Å². The minimum atomic E-state index is -4.52. The topological polar surface area (TPSA) is 174 Å². The number of nitrogens with one attached hydrogen (secondary N) is 1. The van der Waals surface area contributed by atoms with Gasteiger partial charge in [-0.2, -0.15) is 13.2 Å². The molecule has 2 amide bonds. The van der Waals surface area contributed by atoms with Crippen molar-refractivity contribution in [2.75, 3.05) is 26.2 Å². The molecule has 2 aromatic carbocycles. The first-order valence-electron chi connectivity index (χ1n) is 15.0. The number of hydrogen-bond donors (Lipinski definition) is 5. The Kier molecular flexibility index (Phi) is 10.8. The lowest BCUT2D eigenvalue weighted by atomic mass is 9.77. The summed E-state index contributed by atoms with van der Waals surface area (Å²) >= 11 is 0. The van der Waals surface area contributed by atoms with Gasteiger partial charge in [0.1, 0.15) is 0 Å². The highest BCUT2D eigenvalue weighted by molar-refractivity contribution is 6.62. The Morgan fingerprint density at radius 3 is 2.24 bits per heavy atom. The summed E-state index contributed by atoms with van der Waals surface area (Å²) in [7, 11) is -1.16. The Bertz CT molecular complexity index is 1380. The van der Waals surface area contributed by atoms with E-state index in [0.29, 0.717) is 42.8 Å². The first kappa shape index (κ1) is 34.6. The quantitative estimate of drug-likeness (QED) is 0.212. The number of nitrogens with two attached hydrogens (primary N) is 3. The molecule has 0 radical (unpaired) electrons. The van der Waals surface area contributed by atoms with Crippen molar-refractivity contribution in [3.8, 4) is 0 Å². The lowest BCUT2D eigenvalue weighted by Crippen LogP contribution is -2.50. The molecule has 8 N–H and O–H groups in total. The zero-order valence-electron chi connectivity index (χ0n) is 25.5. The molecule has 14 heteroatoms. The number of hydrogen-bond acceptors (Lipinski definition) is 8. The van der Waals surface area contributed by atoms with Gasteiger partial charge in [0.15, 0.2) is 5.78 Å². The molecule has 0 bridgehead atoms. The van der Waals surface area contributed by atoms with Gasteiger partial charge in [-0.3, -0.25) is 14.4 Å². The van der Waals surface area contributed by atoms with Crippen LogP contribution in [0, 0.1) is 11.8 Å². The van der Waals surface area contributed by atoms with Gasteiger partial charge in [-0.1, -0.05) is 30.3 Å². The average molecular weight is 632 g/mol. The zero-order valence-corrected chi connectivity index (χ0v) is 25.5. The van der Waals surface area contributed by atoms with Gasteiger partial charge in [0.25, 0.3) is 0 Å². The predicted octanol–water partition coefficient (Wildman–Crippen LogP) is 0.597. The fraction of sp³-hybridized carbons (Fsp3) is 0.516. The number of ketones is 1. The molecule has 1 saturated heterocycles. The fourth-order valence-corrected chi connectivity index (χ4v) is 6.04. The molecule has 0 spiro atoms. The van der Waals surface area contributed by atoms with Crippen molar-refractivity contribution >= 4 is 30.2 Å². The second-order valence-corrected chi connectivity index (χ2v) is 12.4. The number of likely N-dealkylation sites (tertiary alicyclic amines) is 1. The Morgan fingerprint density at radius 1 is 1.07 bits per heavy atom. The molecule has 2 heterocycles. The number of carbonyl (C=O) groups is 3. The molecule has 45 heavy (non-hydrogen) atoms. The van der Waals surface area contributed by atoms with Crippen LogP contribution in [0.4, 0.5) is 13.2 Å². The third-order valence-corrected chi connectivity index (χ3v) is 8.78. The number of Topliss-reactive ketones (excluding diaryl/α,β-unsaturated/α-hetero) is 1. The molecule has 0 aliphatic carbocycles. The molecular formula is C31H41BF3N5O5. The Hall–Kier alpha value is -3.30. The van der Waals surface area contributed by atoms with Crippen molar-refractivity contribution in [2.45, 2.75) is 63.4 Å². The molecule has 4 rings (SSSR count). The summed E-state index contributed by atoms with van der Waals surface area (Å²) in [6.07, 6.45) is -4.68. The van der Waals surface area contributed by atoms with Crippen LogP contribution < -0.4 is 28.0 Å². The number of benzene rings is 2. The second-order valence-electron chi connectivity index (χ2n) is 12.4. The van der Waals surface area contributed by atoms with Gasteiger partial charge in [-0.05, 0) is 85.9 Å². The number of amides is 2. The van der Waals surface area contributed by atoms with Crippen LogP contribution in [-0.4, -0.2) is 72.9 Å². The normalized spacial score (nSPS) is 20.6. The first-order chi connectivity index (χ1) is 21.1. The average Bonchev–Trinajstić information content (AvgIpc) is 3.51. The van der Waals surface area contributed by atoms with Crippen LogP contribution in [0.15, 0.2) is 42.5 Å². The largest absolute Gasteiger partial charge is 0.492 e. The van der Waals surface area contributed by atoms with Crippen LogP contribution in [0.2, 0.25) is 0 Å². The number of carbonyl (C=O) groups excluding carboxylic acids is 3. The van der Waals surface area contributed by atoms with E-state index in [1.807, 2.05) is 13.8 Å². The van der Waals surface area contributed by atoms with Crippen molar-refractivity contribution in [3.63, 3.8) is 0 Å². The number of fused-ring (bicyclic) bond motifs is 1. The van der Waals surface area contributed by atoms with Crippen LogP contribution >= 0.6 is 0 Å². The van der Waals surface area contributed by atoms with Crippen molar-refractivity contribution in [1.29, 1.82) is 0 Å². The Morgan fingerprint density at radius 2 is 1.67 bits per heavy atom. The van der Waals surface area contributed by atoms with E-state index >= 15 is 0 Å². The van der Waals surface area contributed by atoms with Crippen LogP contribution in [0.3, 0.4) is 0 Å². The molecule has 4 atom stereocenters. The summed E-state index contributed by atoms with van der Waals surface area (Å²) in [4.78, 5) is 41.2. The smallest absolute Gasteiger partial charge is 0.423 e. The van der Waals surface area contributed by atoms with Crippen LogP contribution in [0.25, 0.3) is 0 Å². The van der Waals surface area contributed by atoms with Gasteiger partial charge >= 0.3 is 13.3 Å². The highest BCUT2D eigenvalue weighted by atomic mass is 19.4. The molecule has 2 aromatic rings. The van der Waals surface area contributed by atoms with E-state index < -0.39 is 48.2 Å². The van der Waals surface area contributed by atoms with E-state index in [2.05, 4.69) is 5.32 Å². The van der Waals surface area contributed by atoms with Gasteiger partial charge in [0, 0.05) is 25.9 Å². The zero-order chi connectivity index (χ0) is 33.1. The molecule has 0 aromatic heterocycles. The maximum atomic E-state index is 13.6. The molecule has 0 saturated carbocycles. The first-order valence-corrected chi connectivity index (χ1v) is 15.0. The summed E-state index contributed by atoms with van der Waals surface area (Å²) < 4.78 is 44.9. The lowest BCUT2D eigenvalue weighted by Gasteiger charge is -2.22. The van der Waals surface area contributed by atoms with E-state index in [1.165, 1.54) is 12.1 Å². The minimum Gasteiger partial charge on any atom is -0.423 e. The van der Waals surface area contributed by atoms with Crippen LogP contribution in [0.1, 0.15) is 48.9 Å². The Balaban J connectivity index is 1.44. The van der Waals surface area contributed by atoms with Crippen molar-refractivity contribution in [1.82, 2.24) is 10.2 Å². The maximum absolute atomic E-state index is 13.6. The fourth-order valence-electron chi connectivity index (χ4n) is 6.04. The van der Waals surface area contributed by atoms with Gasteiger partial charge in [-0.25, -0.2) is 0 Å².